The maximum atomic E-state index is 11.9. The van der Waals surface area contributed by atoms with Gasteiger partial charge in [0.05, 0.1) is 17.2 Å². The Labute approximate surface area is 88.0 Å². The fraction of sp³-hybridized carbons (Fsp3) is 0.167. The van der Waals surface area contributed by atoms with Gasteiger partial charge in [-0.05, 0) is 19.1 Å². The van der Waals surface area contributed by atoms with Crippen molar-refractivity contribution in [3.8, 4) is 0 Å². The number of nitrogens with zero attached hydrogens (tertiary/aromatic N) is 1. The van der Waals surface area contributed by atoms with E-state index < -0.39 is 0 Å². The highest BCUT2D eigenvalue weighted by molar-refractivity contribution is 6.21. The molecule has 1 aromatic carbocycles. The third kappa shape index (κ3) is 1.28. The first-order valence-electron chi connectivity index (χ1n) is 4.76. The number of rotatable bonds is 2. The molecule has 1 aromatic rings. The predicted molar refractivity (Wildman–Crippen MR) is 56.6 cm³/mol. The van der Waals surface area contributed by atoms with Crippen molar-refractivity contribution in [1.29, 1.82) is 0 Å². The van der Waals surface area contributed by atoms with Crippen LogP contribution in [0.5, 0.6) is 0 Å². The van der Waals surface area contributed by atoms with Crippen LogP contribution in [0.25, 0.3) is 0 Å². The maximum absolute atomic E-state index is 11.9. The summed E-state index contributed by atoms with van der Waals surface area (Å²) >= 11 is 0. The molecule has 0 saturated carbocycles. The zero-order valence-corrected chi connectivity index (χ0v) is 8.43. The minimum absolute atomic E-state index is 0.233. The summed E-state index contributed by atoms with van der Waals surface area (Å²) in [4.78, 5) is 25.0. The van der Waals surface area contributed by atoms with Crippen LogP contribution in [0.4, 0.5) is 0 Å². The van der Waals surface area contributed by atoms with Crippen molar-refractivity contribution in [1.82, 2.24) is 4.90 Å². The average Bonchev–Trinajstić information content (AvgIpc) is 2.52. The van der Waals surface area contributed by atoms with Gasteiger partial charge >= 0.3 is 0 Å². The highest BCUT2D eigenvalue weighted by Gasteiger charge is 2.36. The number of carbonyl (C=O) groups is 2. The lowest BCUT2D eigenvalue weighted by atomic mass is 10.1. The second-order valence-corrected chi connectivity index (χ2v) is 3.50. The quantitative estimate of drug-likeness (QED) is 0.541. The summed E-state index contributed by atoms with van der Waals surface area (Å²) in [5.41, 5.74) is 0.965. The molecule has 1 heterocycles. The number of hydrogen-bond acceptors (Lipinski definition) is 2. The van der Waals surface area contributed by atoms with E-state index in [0.29, 0.717) is 11.1 Å². The Morgan fingerprint density at radius 3 is 2.07 bits per heavy atom. The minimum Gasteiger partial charge on any atom is -0.269 e. The zero-order valence-electron chi connectivity index (χ0n) is 8.43. The molecule has 0 aliphatic carbocycles. The van der Waals surface area contributed by atoms with Crippen LogP contribution < -0.4 is 0 Å². The molecule has 2 rings (SSSR count). The molecule has 1 atom stereocenters. The molecular weight excluding hydrogens is 190 g/mol. The third-order valence-corrected chi connectivity index (χ3v) is 2.57. The lowest BCUT2D eigenvalue weighted by Crippen LogP contribution is -2.36. The van der Waals surface area contributed by atoms with Gasteiger partial charge in [-0.1, -0.05) is 18.2 Å². The predicted octanol–water partition coefficient (Wildman–Crippen LogP) is 1.86. The van der Waals surface area contributed by atoms with Gasteiger partial charge in [0.15, 0.2) is 0 Å². The van der Waals surface area contributed by atoms with Crippen molar-refractivity contribution in [3.63, 3.8) is 0 Å². The van der Waals surface area contributed by atoms with E-state index in [9.17, 15) is 9.59 Å². The molecule has 0 aromatic heterocycles. The second-order valence-electron chi connectivity index (χ2n) is 3.50. The van der Waals surface area contributed by atoms with Crippen LogP contribution in [-0.4, -0.2) is 22.8 Å². The molecule has 0 bridgehead atoms. The van der Waals surface area contributed by atoms with E-state index in [-0.39, 0.29) is 17.9 Å². The van der Waals surface area contributed by atoms with E-state index >= 15 is 0 Å². The van der Waals surface area contributed by atoms with Crippen LogP contribution in [0.2, 0.25) is 0 Å². The fourth-order valence-electron chi connectivity index (χ4n) is 1.68. The van der Waals surface area contributed by atoms with Crippen LogP contribution in [0, 0.1) is 0 Å². The van der Waals surface area contributed by atoms with Crippen molar-refractivity contribution in [2.45, 2.75) is 13.0 Å². The Kier molecular flexibility index (Phi) is 2.15. The molecule has 0 unspecified atom stereocenters. The second kappa shape index (κ2) is 3.35. The molecule has 15 heavy (non-hydrogen) atoms. The van der Waals surface area contributed by atoms with Gasteiger partial charge in [0.25, 0.3) is 11.8 Å². The monoisotopic (exact) mass is 201 g/mol. The van der Waals surface area contributed by atoms with Gasteiger partial charge < -0.3 is 0 Å². The standard InChI is InChI=1S/C12H11NO2/c1-3-8(2)13-11(14)9-6-4-5-7-10(9)12(13)15/h3-8H,1H2,2H3/t8-/m0/s1. The maximum Gasteiger partial charge on any atom is 0.262 e. The van der Waals surface area contributed by atoms with Crippen LogP contribution in [0.3, 0.4) is 0 Å². The van der Waals surface area contributed by atoms with E-state index in [1.165, 1.54) is 4.90 Å². The summed E-state index contributed by atoms with van der Waals surface area (Å²) in [7, 11) is 0. The Bertz CT molecular complexity index is 416. The van der Waals surface area contributed by atoms with Crippen LogP contribution >= 0.6 is 0 Å². The highest BCUT2D eigenvalue weighted by Crippen LogP contribution is 2.24. The van der Waals surface area contributed by atoms with Gasteiger partial charge in [-0.25, -0.2) is 0 Å². The number of fused-ring (bicyclic) bond motifs is 1. The molecule has 1 aliphatic rings. The summed E-state index contributed by atoms with van der Waals surface area (Å²) in [6, 6.07) is 6.59. The van der Waals surface area contributed by atoms with Gasteiger partial charge in [0.1, 0.15) is 0 Å². The highest BCUT2D eigenvalue weighted by atomic mass is 16.2. The average molecular weight is 201 g/mol. The summed E-state index contributed by atoms with van der Waals surface area (Å²) < 4.78 is 0. The minimum atomic E-state index is -0.266. The van der Waals surface area contributed by atoms with Crippen molar-refractivity contribution in [3.05, 3.63) is 48.0 Å². The topological polar surface area (TPSA) is 37.4 Å². The SMILES string of the molecule is C=C[C@H](C)N1C(=O)c2ccccc2C1=O. The third-order valence-electron chi connectivity index (χ3n) is 2.57. The Balaban J connectivity index is 2.50. The Hall–Kier alpha value is -1.90. The van der Waals surface area contributed by atoms with Crippen molar-refractivity contribution in [2.75, 3.05) is 0 Å². The van der Waals surface area contributed by atoms with E-state index in [4.69, 9.17) is 0 Å². The summed E-state index contributed by atoms with van der Waals surface area (Å²) in [6.07, 6.45) is 1.58. The smallest absolute Gasteiger partial charge is 0.262 e. The number of carbonyl (C=O) groups excluding carboxylic acids is 2. The van der Waals surface area contributed by atoms with Gasteiger partial charge in [-0.3, -0.25) is 14.5 Å². The molecule has 0 saturated heterocycles. The Morgan fingerprint density at radius 2 is 1.67 bits per heavy atom. The van der Waals surface area contributed by atoms with E-state index in [2.05, 4.69) is 6.58 Å². The summed E-state index contributed by atoms with van der Waals surface area (Å²) in [6.45, 7) is 5.36. The van der Waals surface area contributed by atoms with Gasteiger partial charge in [0, 0.05) is 0 Å². The normalized spacial score (nSPS) is 16.5. The van der Waals surface area contributed by atoms with E-state index in [1.807, 2.05) is 0 Å². The van der Waals surface area contributed by atoms with Crippen LogP contribution in [0.15, 0.2) is 36.9 Å². The molecule has 0 N–H and O–H groups in total. The van der Waals surface area contributed by atoms with E-state index in [1.54, 1.807) is 37.3 Å². The molecule has 3 nitrogen and oxygen atoms in total. The first kappa shape index (κ1) is 9.65. The van der Waals surface area contributed by atoms with Gasteiger partial charge in [0.2, 0.25) is 0 Å². The van der Waals surface area contributed by atoms with Gasteiger partial charge in [-0.15, -0.1) is 6.58 Å². The molecular formula is C12H11NO2. The van der Waals surface area contributed by atoms with Gasteiger partial charge in [-0.2, -0.15) is 0 Å². The molecule has 0 spiro atoms. The summed E-state index contributed by atoms with van der Waals surface area (Å²) in [5, 5.41) is 0. The number of imide groups is 1. The molecule has 2 amide bonds. The lowest BCUT2D eigenvalue weighted by Gasteiger charge is -2.18. The van der Waals surface area contributed by atoms with Crippen LogP contribution in [-0.2, 0) is 0 Å². The van der Waals surface area contributed by atoms with Crippen molar-refractivity contribution >= 4 is 11.8 Å². The van der Waals surface area contributed by atoms with Crippen molar-refractivity contribution < 1.29 is 9.59 Å². The number of amides is 2. The van der Waals surface area contributed by atoms with Crippen molar-refractivity contribution in [2.24, 2.45) is 0 Å². The zero-order chi connectivity index (χ0) is 11.0. The number of benzene rings is 1. The molecule has 1 aliphatic heterocycles. The van der Waals surface area contributed by atoms with E-state index in [0.717, 1.165) is 0 Å². The molecule has 0 radical (unpaired) electrons. The Morgan fingerprint density at radius 1 is 1.20 bits per heavy atom. The molecule has 76 valence electrons. The molecule has 0 fully saturated rings. The fourth-order valence-corrected chi connectivity index (χ4v) is 1.68. The first-order chi connectivity index (χ1) is 7.16. The van der Waals surface area contributed by atoms with Crippen LogP contribution in [0.1, 0.15) is 27.6 Å². The molecule has 3 heteroatoms. The largest absolute Gasteiger partial charge is 0.269 e. The summed E-state index contributed by atoms with van der Waals surface area (Å²) in [5.74, 6) is -0.467. The lowest BCUT2D eigenvalue weighted by molar-refractivity contribution is 0.0625. The number of hydrogen-bond donors (Lipinski definition) is 0. The first-order valence-corrected chi connectivity index (χ1v) is 4.76.